The van der Waals surface area contributed by atoms with Gasteiger partial charge in [-0.1, -0.05) is 27.2 Å². The molecule has 102 valence electrons. The van der Waals surface area contributed by atoms with E-state index in [1.165, 1.54) is 6.42 Å². The lowest BCUT2D eigenvalue weighted by Gasteiger charge is -2.36. The summed E-state index contributed by atoms with van der Waals surface area (Å²) in [5.74, 6) is 0.854. The highest BCUT2D eigenvalue weighted by molar-refractivity contribution is 5.79. The lowest BCUT2D eigenvalue weighted by molar-refractivity contribution is -0.127. The van der Waals surface area contributed by atoms with Gasteiger partial charge in [0.25, 0.3) is 0 Å². The quantitative estimate of drug-likeness (QED) is 0.813. The van der Waals surface area contributed by atoms with Crippen molar-refractivity contribution >= 4 is 5.91 Å². The third-order valence-corrected chi connectivity index (χ3v) is 4.47. The van der Waals surface area contributed by atoms with E-state index in [0.717, 1.165) is 44.4 Å². The first-order valence-corrected chi connectivity index (χ1v) is 7.34. The molecule has 1 saturated carbocycles. The second-order valence-electron chi connectivity index (χ2n) is 5.55. The monoisotopic (exact) mass is 250 g/mol. The second kappa shape index (κ2) is 6.78. The first-order chi connectivity index (χ1) is 8.60. The average molecular weight is 250 g/mol. The SMILES string of the molecule is CCC1CCC(C#N)(NC(=O)C(CC)CC)CC1. The predicted octanol–water partition coefficient (Wildman–Crippen LogP) is 3.40. The molecule has 1 rings (SSSR count). The zero-order valence-corrected chi connectivity index (χ0v) is 12.0. The minimum absolute atomic E-state index is 0.0547. The molecule has 0 bridgehead atoms. The Bertz CT molecular complexity index is 307. The molecule has 1 N–H and O–H groups in total. The molecule has 0 spiro atoms. The Labute approximate surface area is 111 Å². The van der Waals surface area contributed by atoms with E-state index in [1.54, 1.807) is 0 Å². The standard InChI is InChI=1S/C15H26N2O/c1-4-12-7-9-15(11-16,10-8-12)17-14(18)13(5-2)6-3/h12-13H,4-10H2,1-3H3,(H,17,18). The lowest BCUT2D eigenvalue weighted by atomic mass is 9.76. The molecule has 3 nitrogen and oxygen atoms in total. The molecule has 0 aromatic heterocycles. The predicted molar refractivity (Wildman–Crippen MR) is 72.8 cm³/mol. The lowest BCUT2D eigenvalue weighted by Crippen LogP contribution is -2.51. The van der Waals surface area contributed by atoms with Crippen LogP contribution in [0.5, 0.6) is 0 Å². The molecule has 1 amide bonds. The molecule has 3 heteroatoms. The van der Waals surface area contributed by atoms with E-state index in [4.69, 9.17) is 0 Å². The van der Waals surface area contributed by atoms with Gasteiger partial charge in [-0.3, -0.25) is 4.79 Å². The fraction of sp³-hybridized carbons (Fsp3) is 0.867. The highest BCUT2D eigenvalue weighted by atomic mass is 16.2. The zero-order chi connectivity index (χ0) is 13.6. The average Bonchev–Trinajstić information content (AvgIpc) is 2.41. The van der Waals surface area contributed by atoms with Gasteiger partial charge in [-0.2, -0.15) is 5.26 Å². The Hall–Kier alpha value is -1.04. The van der Waals surface area contributed by atoms with Crippen molar-refractivity contribution in [2.75, 3.05) is 0 Å². The number of amides is 1. The van der Waals surface area contributed by atoms with E-state index in [0.29, 0.717) is 0 Å². The van der Waals surface area contributed by atoms with E-state index in [2.05, 4.69) is 18.3 Å². The topological polar surface area (TPSA) is 52.9 Å². The van der Waals surface area contributed by atoms with Crippen LogP contribution >= 0.6 is 0 Å². The molecule has 0 unspecified atom stereocenters. The summed E-state index contributed by atoms with van der Waals surface area (Å²) in [6.45, 7) is 6.26. The molecule has 0 saturated heterocycles. The molecule has 0 heterocycles. The minimum atomic E-state index is -0.592. The number of rotatable bonds is 5. The number of carbonyl (C=O) groups is 1. The number of carbonyl (C=O) groups excluding carboxylic acids is 1. The van der Waals surface area contributed by atoms with Crippen LogP contribution in [0.25, 0.3) is 0 Å². The summed E-state index contributed by atoms with van der Waals surface area (Å²) >= 11 is 0. The number of nitriles is 1. The zero-order valence-electron chi connectivity index (χ0n) is 12.0. The summed E-state index contributed by atoms with van der Waals surface area (Å²) in [5, 5.41) is 12.4. The summed E-state index contributed by atoms with van der Waals surface area (Å²) < 4.78 is 0. The second-order valence-corrected chi connectivity index (χ2v) is 5.55. The van der Waals surface area contributed by atoms with Gasteiger partial charge in [0, 0.05) is 5.92 Å². The largest absolute Gasteiger partial charge is 0.338 e. The van der Waals surface area contributed by atoms with Crippen LogP contribution in [0.1, 0.15) is 65.7 Å². The normalized spacial score (nSPS) is 27.8. The molecular weight excluding hydrogens is 224 g/mol. The Morgan fingerprint density at radius 1 is 1.33 bits per heavy atom. The number of nitrogens with one attached hydrogen (secondary N) is 1. The van der Waals surface area contributed by atoms with Crippen molar-refractivity contribution in [1.82, 2.24) is 5.32 Å². The molecule has 0 atom stereocenters. The highest BCUT2D eigenvalue weighted by Crippen LogP contribution is 2.33. The van der Waals surface area contributed by atoms with E-state index < -0.39 is 5.54 Å². The molecule has 1 aliphatic carbocycles. The summed E-state index contributed by atoms with van der Waals surface area (Å²) in [6.07, 6.45) is 6.63. The maximum Gasteiger partial charge on any atom is 0.224 e. The molecule has 1 fully saturated rings. The van der Waals surface area contributed by atoms with Crippen molar-refractivity contribution in [3.63, 3.8) is 0 Å². The Balaban J connectivity index is 2.62. The van der Waals surface area contributed by atoms with Crippen molar-refractivity contribution in [2.45, 2.75) is 71.3 Å². The van der Waals surface area contributed by atoms with Gasteiger partial charge in [0.05, 0.1) is 6.07 Å². The van der Waals surface area contributed by atoms with Gasteiger partial charge >= 0.3 is 0 Å². The summed E-state index contributed by atoms with van der Waals surface area (Å²) in [6, 6.07) is 2.36. The van der Waals surface area contributed by atoms with Gasteiger partial charge in [0.15, 0.2) is 0 Å². The van der Waals surface area contributed by atoms with E-state index in [1.807, 2.05) is 13.8 Å². The molecule has 1 aliphatic rings. The van der Waals surface area contributed by atoms with Crippen molar-refractivity contribution in [1.29, 1.82) is 5.26 Å². The Morgan fingerprint density at radius 2 is 1.89 bits per heavy atom. The summed E-state index contributed by atoms with van der Waals surface area (Å²) in [4.78, 5) is 12.1. The first kappa shape index (κ1) is 15.0. The fourth-order valence-electron chi connectivity index (χ4n) is 2.84. The van der Waals surface area contributed by atoms with Crippen molar-refractivity contribution < 1.29 is 4.79 Å². The van der Waals surface area contributed by atoms with Crippen LogP contribution in [-0.2, 0) is 4.79 Å². The van der Waals surface area contributed by atoms with Crippen LogP contribution in [0, 0.1) is 23.2 Å². The van der Waals surface area contributed by atoms with Crippen LogP contribution in [-0.4, -0.2) is 11.4 Å². The Kier molecular flexibility index (Phi) is 5.65. The molecule has 0 radical (unpaired) electrons. The summed E-state index contributed by atoms with van der Waals surface area (Å²) in [5.41, 5.74) is -0.592. The van der Waals surface area contributed by atoms with Crippen LogP contribution < -0.4 is 5.32 Å². The van der Waals surface area contributed by atoms with Gasteiger partial charge in [-0.25, -0.2) is 0 Å². The van der Waals surface area contributed by atoms with Crippen molar-refractivity contribution in [2.24, 2.45) is 11.8 Å². The first-order valence-electron chi connectivity index (χ1n) is 7.34. The van der Waals surface area contributed by atoms with Crippen LogP contribution in [0.2, 0.25) is 0 Å². The van der Waals surface area contributed by atoms with Gasteiger partial charge in [0.1, 0.15) is 5.54 Å². The van der Waals surface area contributed by atoms with E-state index in [-0.39, 0.29) is 11.8 Å². The molecular formula is C15H26N2O. The maximum atomic E-state index is 12.1. The fourth-order valence-corrected chi connectivity index (χ4v) is 2.84. The number of hydrogen-bond acceptors (Lipinski definition) is 2. The van der Waals surface area contributed by atoms with E-state index >= 15 is 0 Å². The van der Waals surface area contributed by atoms with Crippen LogP contribution in [0.15, 0.2) is 0 Å². The molecule has 0 aliphatic heterocycles. The van der Waals surface area contributed by atoms with Gasteiger partial charge < -0.3 is 5.32 Å². The van der Waals surface area contributed by atoms with Crippen LogP contribution in [0.4, 0.5) is 0 Å². The minimum Gasteiger partial charge on any atom is -0.338 e. The van der Waals surface area contributed by atoms with Gasteiger partial charge in [-0.05, 0) is 44.4 Å². The molecule has 0 aromatic rings. The molecule has 0 aromatic carbocycles. The molecule has 18 heavy (non-hydrogen) atoms. The van der Waals surface area contributed by atoms with Crippen LogP contribution in [0.3, 0.4) is 0 Å². The number of nitrogens with zero attached hydrogens (tertiary/aromatic N) is 1. The number of hydrogen-bond donors (Lipinski definition) is 1. The van der Waals surface area contributed by atoms with Crippen molar-refractivity contribution in [3.05, 3.63) is 0 Å². The van der Waals surface area contributed by atoms with E-state index in [9.17, 15) is 10.1 Å². The van der Waals surface area contributed by atoms with Gasteiger partial charge in [-0.15, -0.1) is 0 Å². The summed E-state index contributed by atoms with van der Waals surface area (Å²) in [7, 11) is 0. The maximum absolute atomic E-state index is 12.1. The van der Waals surface area contributed by atoms with Gasteiger partial charge in [0.2, 0.25) is 5.91 Å². The third-order valence-electron chi connectivity index (χ3n) is 4.47. The van der Waals surface area contributed by atoms with Crippen molar-refractivity contribution in [3.8, 4) is 6.07 Å². The third kappa shape index (κ3) is 3.48. The highest BCUT2D eigenvalue weighted by Gasteiger charge is 2.37. The smallest absolute Gasteiger partial charge is 0.224 e. The Morgan fingerprint density at radius 3 is 2.28 bits per heavy atom.